The summed E-state index contributed by atoms with van der Waals surface area (Å²) in [5.41, 5.74) is 0.326. The first-order chi connectivity index (χ1) is 7.88. The van der Waals surface area contributed by atoms with E-state index in [1.807, 2.05) is 0 Å². The number of halogens is 3. The zero-order chi connectivity index (χ0) is 12.6. The molecule has 8 heteroatoms. The van der Waals surface area contributed by atoms with Gasteiger partial charge in [0.25, 0.3) is 0 Å². The second kappa shape index (κ2) is 3.95. The highest BCUT2D eigenvalue weighted by atomic mass is 32.1. The molecule has 0 atom stereocenters. The largest absolute Gasteiger partial charge is 0.443 e. The number of rotatable bonds is 2. The first-order valence-electron chi connectivity index (χ1n) is 4.46. The van der Waals surface area contributed by atoms with Gasteiger partial charge in [-0.15, -0.1) is 11.3 Å². The monoisotopic (exact) mass is 261 g/mol. The molecule has 0 unspecified atom stereocenters. The van der Waals surface area contributed by atoms with Gasteiger partial charge in [-0.1, -0.05) is 0 Å². The second-order valence-electron chi connectivity index (χ2n) is 3.24. The zero-order valence-electron chi connectivity index (χ0n) is 8.52. The molecule has 0 saturated carbocycles. The van der Waals surface area contributed by atoms with E-state index in [9.17, 15) is 18.0 Å². The van der Waals surface area contributed by atoms with E-state index in [0.717, 1.165) is 4.68 Å². The third-order valence-corrected chi connectivity index (χ3v) is 2.83. The predicted octanol–water partition coefficient (Wildman–Crippen LogP) is 2.55. The van der Waals surface area contributed by atoms with Crippen LogP contribution in [0.25, 0.3) is 5.82 Å². The van der Waals surface area contributed by atoms with Crippen molar-refractivity contribution in [2.75, 3.05) is 0 Å². The van der Waals surface area contributed by atoms with E-state index in [1.54, 1.807) is 0 Å². The summed E-state index contributed by atoms with van der Waals surface area (Å²) in [6.45, 7) is 1.35. The molecular formula is C9H6F3N3OS. The molecule has 0 saturated heterocycles. The fourth-order valence-corrected chi connectivity index (χ4v) is 1.79. The molecule has 2 aromatic heterocycles. The second-order valence-corrected chi connectivity index (χ2v) is 4.10. The van der Waals surface area contributed by atoms with Gasteiger partial charge in [-0.2, -0.15) is 18.3 Å². The highest BCUT2D eigenvalue weighted by molar-refractivity contribution is 7.10. The highest BCUT2D eigenvalue weighted by Gasteiger charge is 2.34. The van der Waals surface area contributed by atoms with E-state index in [2.05, 4.69) is 10.1 Å². The van der Waals surface area contributed by atoms with Crippen molar-refractivity contribution in [1.82, 2.24) is 14.8 Å². The molecule has 0 aromatic carbocycles. The minimum Gasteiger partial charge on any atom is -0.294 e. The Morgan fingerprint density at radius 3 is 2.65 bits per heavy atom. The lowest BCUT2D eigenvalue weighted by atomic mass is 10.3. The fraction of sp³-hybridized carbons (Fsp3) is 0.222. The van der Waals surface area contributed by atoms with E-state index >= 15 is 0 Å². The van der Waals surface area contributed by atoms with Crippen LogP contribution in [-0.2, 0) is 6.18 Å². The number of thiazole rings is 1. The van der Waals surface area contributed by atoms with Crippen LogP contribution in [0.5, 0.6) is 0 Å². The van der Waals surface area contributed by atoms with Crippen molar-refractivity contribution in [3.05, 3.63) is 28.3 Å². The average Bonchev–Trinajstić information content (AvgIpc) is 2.85. The standard InChI is InChI=1S/C9H6F3N3OS/c1-5(16)6-2-13-15(3-6)7-4-17-8(14-7)9(10,11)12/h2-4H,1H3. The average molecular weight is 261 g/mol. The Bertz CT molecular complexity index is 558. The van der Waals surface area contributed by atoms with E-state index in [1.165, 1.54) is 24.7 Å². The molecule has 0 aliphatic carbocycles. The summed E-state index contributed by atoms with van der Waals surface area (Å²) in [4.78, 5) is 14.4. The Hall–Kier alpha value is -1.70. The molecule has 0 bridgehead atoms. The first-order valence-corrected chi connectivity index (χ1v) is 5.34. The minimum atomic E-state index is -4.46. The van der Waals surface area contributed by atoms with Crippen molar-refractivity contribution in [2.45, 2.75) is 13.1 Å². The molecule has 0 aliphatic rings. The van der Waals surface area contributed by atoms with Gasteiger partial charge >= 0.3 is 6.18 Å². The number of carbonyl (C=O) groups excluding carboxylic acids is 1. The lowest BCUT2D eigenvalue weighted by molar-refractivity contribution is -0.137. The summed E-state index contributed by atoms with van der Waals surface area (Å²) in [5, 5.41) is 4.07. The minimum absolute atomic E-state index is 0.0508. The number of carbonyl (C=O) groups is 1. The van der Waals surface area contributed by atoms with Crippen LogP contribution in [0.4, 0.5) is 13.2 Å². The van der Waals surface area contributed by atoms with Crippen LogP contribution >= 0.6 is 11.3 Å². The normalized spacial score (nSPS) is 11.8. The first kappa shape index (κ1) is 11.8. The summed E-state index contributed by atoms with van der Waals surface area (Å²) in [6.07, 6.45) is -1.83. The molecule has 0 spiro atoms. The van der Waals surface area contributed by atoms with Gasteiger partial charge in [-0.3, -0.25) is 4.79 Å². The third kappa shape index (κ3) is 2.36. The van der Waals surface area contributed by atoms with Crippen LogP contribution in [0, 0.1) is 0 Å². The van der Waals surface area contributed by atoms with Crippen LogP contribution in [0.15, 0.2) is 17.8 Å². The number of hydrogen-bond donors (Lipinski definition) is 0. The highest BCUT2D eigenvalue weighted by Crippen LogP contribution is 2.32. The number of nitrogens with zero attached hydrogens (tertiary/aromatic N) is 3. The fourth-order valence-electron chi connectivity index (χ4n) is 1.13. The zero-order valence-corrected chi connectivity index (χ0v) is 9.34. The van der Waals surface area contributed by atoms with Gasteiger partial charge in [0.05, 0.1) is 11.8 Å². The third-order valence-electron chi connectivity index (χ3n) is 1.96. The van der Waals surface area contributed by atoms with Gasteiger partial charge in [-0.05, 0) is 6.92 Å². The van der Waals surface area contributed by atoms with Crippen LogP contribution in [0.3, 0.4) is 0 Å². The predicted molar refractivity (Wildman–Crippen MR) is 54.2 cm³/mol. The van der Waals surface area contributed by atoms with Crippen molar-refractivity contribution < 1.29 is 18.0 Å². The smallest absolute Gasteiger partial charge is 0.294 e. The van der Waals surface area contributed by atoms with Gasteiger partial charge in [0.15, 0.2) is 16.6 Å². The lowest BCUT2D eigenvalue weighted by Crippen LogP contribution is -2.05. The van der Waals surface area contributed by atoms with Gasteiger partial charge in [0.2, 0.25) is 0 Å². The maximum atomic E-state index is 12.3. The Kier molecular flexibility index (Phi) is 2.74. The lowest BCUT2D eigenvalue weighted by Gasteiger charge is -1.99. The van der Waals surface area contributed by atoms with Gasteiger partial charge in [-0.25, -0.2) is 9.67 Å². The molecule has 0 amide bonds. The molecule has 90 valence electrons. The van der Waals surface area contributed by atoms with Gasteiger partial charge in [0.1, 0.15) is 0 Å². The van der Waals surface area contributed by atoms with Crippen molar-refractivity contribution in [2.24, 2.45) is 0 Å². The molecule has 0 N–H and O–H groups in total. The van der Waals surface area contributed by atoms with Crippen LogP contribution in [0.1, 0.15) is 22.3 Å². The molecule has 2 rings (SSSR count). The summed E-state index contributed by atoms with van der Waals surface area (Å²) in [5.74, 6) is -0.155. The maximum absolute atomic E-state index is 12.3. The van der Waals surface area contributed by atoms with Crippen LogP contribution in [-0.4, -0.2) is 20.5 Å². The van der Waals surface area contributed by atoms with E-state index in [-0.39, 0.29) is 11.6 Å². The van der Waals surface area contributed by atoms with Gasteiger partial charge < -0.3 is 0 Å². The van der Waals surface area contributed by atoms with Crippen molar-refractivity contribution in [3.63, 3.8) is 0 Å². The molecule has 0 fully saturated rings. The number of aromatic nitrogens is 3. The Balaban J connectivity index is 2.34. The molecular weight excluding hydrogens is 255 g/mol. The van der Waals surface area contributed by atoms with Crippen molar-refractivity contribution in [1.29, 1.82) is 0 Å². The summed E-state index contributed by atoms with van der Waals surface area (Å²) in [7, 11) is 0. The molecule has 0 aliphatic heterocycles. The summed E-state index contributed by atoms with van der Waals surface area (Å²) < 4.78 is 38.1. The van der Waals surface area contributed by atoms with Crippen LogP contribution in [0.2, 0.25) is 0 Å². The van der Waals surface area contributed by atoms with Crippen molar-refractivity contribution >= 4 is 17.1 Å². The maximum Gasteiger partial charge on any atom is 0.443 e. The van der Waals surface area contributed by atoms with Crippen LogP contribution < -0.4 is 0 Å². The quantitative estimate of drug-likeness (QED) is 0.780. The topological polar surface area (TPSA) is 47.8 Å². The van der Waals surface area contributed by atoms with E-state index < -0.39 is 11.2 Å². The number of ketones is 1. The number of hydrogen-bond acceptors (Lipinski definition) is 4. The van der Waals surface area contributed by atoms with Gasteiger partial charge in [0, 0.05) is 11.6 Å². The Morgan fingerprint density at radius 2 is 2.18 bits per heavy atom. The molecule has 2 aromatic rings. The molecule has 17 heavy (non-hydrogen) atoms. The number of alkyl halides is 3. The Morgan fingerprint density at radius 1 is 1.47 bits per heavy atom. The SMILES string of the molecule is CC(=O)c1cnn(-c2csc(C(F)(F)F)n2)c1. The molecule has 4 nitrogen and oxygen atoms in total. The molecule has 0 radical (unpaired) electrons. The van der Waals surface area contributed by atoms with E-state index in [0.29, 0.717) is 16.9 Å². The van der Waals surface area contributed by atoms with E-state index in [4.69, 9.17) is 0 Å². The Labute approximate surface area is 97.7 Å². The summed E-state index contributed by atoms with van der Waals surface area (Å²) >= 11 is 0.487. The summed E-state index contributed by atoms with van der Waals surface area (Å²) in [6, 6.07) is 0. The van der Waals surface area contributed by atoms with Crippen molar-refractivity contribution in [3.8, 4) is 5.82 Å². The number of Topliss-reactive ketones (excluding diaryl/α,β-unsaturated/α-hetero) is 1. The molecule has 2 heterocycles.